The minimum absolute atomic E-state index is 0.0121. The number of benzene rings is 2. The lowest BCUT2D eigenvalue weighted by Gasteiger charge is -2.26. The molecule has 0 bridgehead atoms. The molecule has 0 aromatic heterocycles. The Labute approximate surface area is 182 Å². The monoisotopic (exact) mass is 431 g/mol. The summed E-state index contributed by atoms with van der Waals surface area (Å²) >= 11 is 0. The number of carbonyl (C=O) groups excluding carboxylic acids is 2. The van der Waals surface area contributed by atoms with Crippen molar-refractivity contribution in [3.8, 4) is 11.5 Å². The third-order valence-electron chi connectivity index (χ3n) is 4.22. The zero-order valence-electron chi connectivity index (χ0n) is 18.4. The van der Waals surface area contributed by atoms with E-state index in [1.807, 2.05) is 18.2 Å². The van der Waals surface area contributed by atoms with E-state index < -0.39 is 29.8 Å². The van der Waals surface area contributed by atoms with Gasteiger partial charge in [-0.25, -0.2) is 9.59 Å². The maximum atomic E-state index is 12.6. The van der Waals surface area contributed by atoms with Gasteiger partial charge in [-0.1, -0.05) is 36.4 Å². The molecule has 8 heteroatoms. The topological polar surface area (TPSA) is 103 Å². The van der Waals surface area contributed by atoms with E-state index in [1.54, 1.807) is 51.1 Å². The van der Waals surface area contributed by atoms with Crippen LogP contribution in [0, 0.1) is 0 Å². The van der Waals surface area contributed by atoms with E-state index in [1.165, 1.54) is 14.2 Å². The second kappa shape index (κ2) is 10.7. The van der Waals surface area contributed by atoms with Crippen LogP contribution >= 0.6 is 0 Å². The second-order valence-corrected chi connectivity index (χ2v) is 7.78. The summed E-state index contributed by atoms with van der Waals surface area (Å²) in [7, 11) is 2.95. The highest BCUT2D eigenvalue weighted by Gasteiger charge is 2.32. The van der Waals surface area contributed by atoms with Crippen molar-refractivity contribution < 1.29 is 33.6 Å². The Balaban J connectivity index is 2.25. The van der Waals surface area contributed by atoms with Crippen molar-refractivity contribution in [3.05, 3.63) is 59.7 Å². The van der Waals surface area contributed by atoms with Crippen LogP contribution < -0.4 is 14.8 Å². The molecule has 0 fully saturated rings. The molecule has 0 aliphatic heterocycles. The molecule has 2 aromatic carbocycles. The predicted octanol–water partition coefficient (Wildman–Crippen LogP) is 3.37. The van der Waals surface area contributed by atoms with Crippen LogP contribution in [0.5, 0.6) is 11.5 Å². The van der Waals surface area contributed by atoms with Crippen LogP contribution in [0.3, 0.4) is 0 Å². The van der Waals surface area contributed by atoms with Crippen molar-refractivity contribution in [3.63, 3.8) is 0 Å². The van der Waals surface area contributed by atoms with E-state index >= 15 is 0 Å². The smallest absolute Gasteiger partial charge is 0.408 e. The van der Waals surface area contributed by atoms with E-state index in [0.717, 1.165) is 5.56 Å². The molecule has 0 radical (unpaired) electrons. The molecular formula is C23H29NO7. The SMILES string of the molecule is COc1ccc([C@H](NC(=O)OC(C)(C)C)[C@@H](O)C(=O)OCc2ccccc2)cc1OC. The summed E-state index contributed by atoms with van der Waals surface area (Å²) < 4.78 is 21.0. The number of aliphatic hydroxyl groups excluding tert-OH is 1. The largest absolute Gasteiger partial charge is 0.493 e. The summed E-state index contributed by atoms with van der Waals surface area (Å²) in [5, 5.41) is 13.3. The Bertz CT molecular complexity index is 877. The van der Waals surface area contributed by atoms with Crippen LogP contribution in [-0.4, -0.2) is 43.1 Å². The fraction of sp³-hybridized carbons (Fsp3) is 0.391. The van der Waals surface area contributed by atoms with Gasteiger partial charge < -0.3 is 29.4 Å². The number of alkyl carbamates (subject to hydrolysis) is 1. The first-order chi connectivity index (χ1) is 14.6. The van der Waals surface area contributed by atoms with Gasteiger partial charge >= 0.3 is 12.1 Å². The number of hydrogen-bond acceptors (Lipinski definition) is 7. The maximum absolute atomic E-state index is 12.6. The zero-order chi connectivity index (χ0) is 23.0. The van der Waals surface area contributed by atoms with Crippen molar-refractivity contribution >= 4 is 12.1 Å². The molecule has 2 aromatic rings. The van der Waals surface area contributed by atoms with E-state index in [9.17, 15) is 14.7 Å². The number of esters is 1. The van der Waals surface area contributed by atoms with Crippen molar-refractivity contribution in [2.75, 3.05) is 14.2 Å². The molecule has 31 heavy (non-hydrogen) atoms. The number of rotatable bonds is 8. The highest BCUT2D eigenvalue weighted by Crippen LogP contribution is 2.31. The quantitative estimate of drug-likeness (QED) is 0.618. The average Bonchev–Trinajstić information content (AvgIpc) is 2.74. The van der Waals surface area contributed by atoms with Gasteiger partial charge in [0.1, 0.15) is 12.2 Å². The number of aliphatic hydroxyl groups is 1. The molecular weight excluding hydrogens is 402 g/mol. The molecule has 2 N–H and O–H groups in total. The van der Waals surface area contributed by atoms with Crippen LogP contribution in [-0.2, 0) is 20.9 Å². The van der Waals surface area contributed by atoms with Gasteiger partial charge in [0.05, 0.1) is 20.3 Å². The number of ether oxygens (including phenoxy) is 4. The Hall–Kier alpha value is -3.26. The van der Waals surface area contributed by atoms with Crippen molar-refractivity contribution in [2.24, 2.45) is 0 Å². The third kappa shape index (κ3) is 7.18. The van der Waals surface area contributed by atoms with Crippen molar-refractivity contribution in [1.82, 2.24) is 5.32 Å². The average molecular weight is 431 g/mol. The molecule has 0 aliphatic carbocycles. The Morgan fingerprint density at radius 3 is 2.23 bits per heavy atom. The van der Waals surface area contributed by atoms with Gasteiger partial charge in [0, 0.05) is 0 Å². The Morgan fingerprint density at radius 1 is 1.00 bits per heavy atom. The van der Waals surface area contributed by atoms with Crippen LogP contribution in [0.1, 0.15) is 37.9 Å². The maximum Gasteiger partial charge on any atom is 0.408 e. The van der Waals surface area contributed by atoms with Crippen LogP contribution in [0.25, 0.3) is 0 Å². The van der Waals surface area contributed by atoms with Gasteiger partial charge in [0.2, 0.25) is 0 Å². The highest BCUT2D eigenvalue weighted by atomic mass is 16.6. The molecule has 0 aliphatic rings. The van der Waals surface area contributed by atoms with E-state index in [0.29, 0.717) is 17.1 Å². The fourth-order valence-corrected chi connectivity index (χ4v) is 2.78. The number of amides is 1. The molecule has 168 valence electrons. The van der Waals surface area contributed by atoms with Crippen LogP contribution in [0.4, 0.5) is 4.79 Å². The first-order valence-corrected chi connectivity index (χ1v) is 9.74. The van der Waals surface area contributed by atoms with Gasteiger partial charge in [0.25, 0.3) is 0 Å². The van der Waals surface area contributed by atoms with Gasteiger partial charge in [-0.2, -0.15) is 0 Å². The summed E-state index contributed by atoms with van der Waals surface area (Å²) in [6, 6.07) is 12.7. The molecule has 8 nitrogen and oxygen atoms in total. The van der Waals surface area contributed by atoms with E-state index in [-0.39, 0.29) is 6.61 Å². The van der Waals surface area contributed by atoms with Crippen LogP contribution in [0.15, 0.2) is 48.5 Å². The summed E-state index contributed by atoms with van der Waals surface area (Å²) in [6.45, 7) is 5.12. The number of methoxy groups -OCH3 is 2. The number of hydrogen-bond donors (Lipinski definition) is 2. The molecule has 0 saturated heterocycles. The summed E-state index contributed by atoms with van der Waals surface area (Å²) in [4.78, 5) is 24.9. The Kier molecular flexibility index (Phi) is 8.27. The van der Waals surface area contributed by atoms with Crippen molar-refractivity contribution in [1.29, 1.82) is 0 Å². The molecule has 0 unspecified atom stereocenters. The standard InChI is InChI=1S/C23H29NO7/c1-23(2,3)31-22(27)24-19(16-11-12-17(28-4)18(13-16)29-5)20(25)21(26)30-14-15-9-7-6-8-10-15/h6-13,19-20,25H,14H2,1-5H3,(H,24,27)/t19-,20+/m0/s1. The normalized spacial score (nSPS) is 13.0. The summed E-state index contributed by atoms with van der Waals surface area (Å²) in [6.07, 6.45) is -2.48. The number of nitrogens with one attached hydrogen (secondary N) is 1. The minimum atomic E-state index is -1.69. The first-order valence-electron chi connectivity index (χ1n) is 9.74. The molecule has 0 heterocycles. The number of carbonyl (C=O) groups is 2. The molecule has 2 rings (SSSR count). The second-order valence-electron chi connectivity index (χ2n) is 7.78. The zero-order valence-corrected chi connectivity index (χ0v) is 18.4. The lowest BCUT2D eigenvalue weighted by atomic mass is 10.0. The van der Waals surface area contributed by atoms with E-state index in [2.05, 4.69) is 5.32 Å². The van der Waals surface area contributed by atoms with Gasteiger partial charge in [0.15, 0.2) is 17.6 Å². The van der Waals surface area contributed by atoms with Gasteiger partial charge in [-0.15, -0.1) is 0 Å². The molecule has 0 spiro atoms. The molecule has 0 saturated carbocycles. The fourth-order valence-electron chi connectivity index (χ4n) is 2.78. The minimum Gasteiger partial charge on any atom is -0.493 e. The van der Waals surface area contributed by atoms with Gasteiger partial charge in [-0.05, 0) is 44.0 Å². The van der Waals surface area contributed by atoms with E-state index in [4.69, 9.17) is 18.9 Å². The molecule has 1 amide bonds. The Morgan fingerprint density at radius 2 is 1.65 bits per heavy atom. The highest BCUT2D eigenvalue weighted by molar-refractivity contribution is 5.77. The first kappa shape index (κ1) is 24.0. The predicted molar refractivity (Wildman–Crippen MR) is 114 cm³/mol. The van der Waals surface area contributed by atoms with Gasteiger partial charge in [-0.3, -0.25) is 0 Å². The lowest BCUT2D eigenvalue weighted by molar-refractivity contribution is -0.156. The van der Waals surface area contributed by atoms with Crippen LogP contribution in [0.2, 0.25) is 0 Å². The summed E-state index contributed by atoms with van der Waals surface area (Å²) in [5.41, 5.74) is 0.420. The lowest BCUT2D eigenvalue weighted by Crippen LogP contribution is -2.43. The molecule has 2 atom stereocenters. The summed E-state index contributed by atoms with van der Waals surface area (Å²) in [5.74, 6) is -0.0519. The third-order valence-corrected chi connectivity index (χ3v) is 4.22. The van der Waals surface area contributed by atoms with Crippen molar-refractivity contribution in [2.45, 2.75) is 45.1 Å².